The fourth-order valence-electron chi connectivity index (χ4n) is 1.35. The van der Waals surface area contributed by atoms with Crippen LogP contribution in [0.25, 0.3) is 0 Å². The van der Waals surface area contributed by atoms with Gasteiger partial charge in [0.2, 0.25) is 0 Å². The summed E-state index contributed by atoms with van der Waals surface area (Å²) in [5, 5.41) is 0. The van der Waals surface area contributed by atoms with Crippen LogP contribution in [0.15, 0.2) is 11.3 Å². The van der Waals surface area contributed by atoms with E-state index in [0.29, 0.717) is 12.2 Å². The maximum atomic E-state index is 11.1. The molecule has 1 aliphatic rings. The Morgan fingerprint density at radius 1 is 1.75 bits per heavy atom. The fraction of sp³-hybridized carbons (Fsp3) is 0.500. The van der Waals surface area contributed by atoms with Gasteiger partial charge in [-0.2, -0.15) is 0 Å². The summed E-state index contributed by atoms with van der Waals surface area (Å²) < 4.78 is 5.39. The highest BCUT2D eigenvalue weighted by atomic mass is 16.5. The van der Waals surface area contributed by atoms with Crippen LogP contribution in [0.1, 0.15) is 27.2 Å². The summed E-state index contributed by atoms with van der Waals surface area (Å²) in [6.45, 7) is 5.12. The van der Waals surface area contributed by atoms with E-state index in [-0.39, 0.29) is 5.78 Å². The van der Waals surface area contributed by atoms with Gasteiger partial charge in [-0.05, 0) is 20.8 Å². The summed E-state index contributed by atoms with van der Waals surface area (Å²) in [6, 6.07) is 0. The van der Waals surface area contributed by atoms with Crippen molar-refractivity contribution in [3.05, 3.63) is 11.3 Å². The summed E-state index contributed by atoms with van der Waals surface area (Å²) in [7, 11) is 0. The number of ketones is 1. The maximum absolute atomic E-state index is 11.1. The molecule has 0 aromatic rings. The van der Waals surface area contributed by atoms with Gasteiger partial charge in [0.25, 0.3) is 0 Å². The highest BCUT2D eigenvalue weighted by Gasteiger charge is 2.34. The molecule has 0 saturated heterocycles. The number of allylic oxidation sites excluding steroid dienone is 1. The Morgan fingerprint density at radius 3 is 2.58 bits per heavy atom. The predicted molar refractivity (Wildman–Crippen MR) is 46.3 cm³/mol. The molecule has 1 atom stereocenters. The maximum Gasteiger partial charge on any atom is 0.169 e. The third kappa shape index (κ3) is 1.35. The number of terminal acetylenes is 1. The molecule has 2 nitrogen and oxygen atoms in total. The monoisotopic (exact) mass is 164 g/mol. The lowest BCUT2D eigenvalue weighted by Gasteiger charge is -2.16. The standard InChI is InChI=1S/C10H12O2/c1-5-10(4)6-9(7(2)11)8(3)12-10/h1H,6H2,2-4H3. The van der Waals surface area contributed by atoms with Gasteiger partial charge >= 0.3 is 0 Å². The third-order valence-electron chi connectivity index (χ3n) is 2.05. The number of Topliss-reactive ketones (excluding diaryl/α,β-unsaturated/α-hetero) is 1. The minimum absolute atomic E-state index is 0.0477. The zero-order valence-electron chi connectivity index (χ0n) is 7.60. The second-order valence-electron chi connectivity index (χ2n) is 3.24. The molecule has 0 saturated carbocycles. The Hall–Kier alpha value is -1.23. The molecule has 0 aromatic carbocycles. The quantitative estimate of drug-likeness (QED) is 0.551. The second kappa shape index (κ2) is 2.67. The van der Waals surface area contributed by atoms with Crippen LogP contribution in [-0.4, -0.2) is 11.4 Å². The van der Waals surface area contributed by atoms with Crippen molar-refractivity contribution in [2.45, 2.75) is 32.8 Å². The topological polar surface area (TPSA) is 26.3 Å². The normalized spacial score (nSPS) is 28.2. The first-order chi connectivity index (χ1) is 5.48. The van der Waals surface area contributed by atoms with Crippen LogP contribution in [0.5, 0.6) is 0 Å². The molecule has 0 fully saturated rings. The SMILES string of the molecule is C#CC1(C)CC(C(C)=O)=C(C)O1. The van der Waals surface area contributed by atoms with E-state index in [9.17, 15) is 4.79 Å². The Kier molecular flexibility index (Phi) is 1.97. The van der Waals surface area contributed by atoms with Gasteiger partial charge in [0, 0.05) is 12.0 Å². The molecule has 1 heterocycles. The van der Waals surface area contributed by atoms with Gasteiger partial charge in [-0.1, -0.05) is 5.92 Å². The molecule has 0 spiro atoms. The lowest BCUT2D eigenvalue weighted by Crippen LogP contribution is -2.21. The average Bonchev–Trinajstić information content (AvgIpc) is 2.28. The summed E-state index contributed by atoms with van der Waals surface area (Å²) in [6.07, 6.45) is 5.81. The number of carbonyl (C=O) groups is 1. The van der Waals surface area contributed by atoms with Crippen LogP contribution in [0.2, 0.25) is 0 Å². The molecule has 0 aliphatic carbocycles. The Morgan fingerprint density at radius 2 is 2.33 bits per heavy atom. The first-order valence-electron chi connectivity index (χ1n) is 3.86. The van der Waals surface area contributed by atoms with Crippen molar-refractivity contribution in [2.75, 3.05) is 0 Å². The zero-order chi connectivity index (χ0) is 9.35. The van der Waals surface area contributed by atoms with Gasteiger partial charge in [0.1, 0.15) is 5.76 Å². The zero-order valence-corrected chi connectivity index (χ0v) is 7.60. The van der Waals surface area contributed by atoms with E-state index < -0.39 is 5.60 Å². The van der Waals surface area contributed by atoms with E-state index >= 15 is 0 Å². The van der Waals surface area contributed by atoms with Crippen LogP contribution in [0, 0.1) is 12.3 Å². The van der Waals surface area contributed by atoms with Crippen molar-refractivity contribution in [3.63, 3.8) is 0 Å². The fourth-order valence-corrected chi connectivity index (χ4v) is 1.35. The lowest BCUT2D eigenvalue weighted by molar-refractivity contribution is -0.113. The van der Waals surface area contributed by atoms with E-state index in [1.807, 2.05) is 6.92 Å². The Labute approximate surface area is 72.6 Å². The molecule has 64 valence electrons. The minimum atomic E-state index is -0.606. The Bertz CT molecular complexity index is 293. The highest BCUT2D eigenvalue weighted by Crippen LogP contribution is 2.33. The molecule has 1 rings (SSSR count). The van der Waals surface area contributed by atoms with Gasteiger partial charge in [-0.3, -0.25) is 4.79 Å². The van der Waals surface area contributed by atoms with Crippen molar-refractivity contribution in [1.29, 1.82) is 0 Å². The molecule has 0 radical (unpaired) electrons. The molecule has 0 bridgehead atoms. The predicted octanol–water partition coefficient (Wildman–Crippen LogP) is 1.66. The number of rotatable bonds is 1. The van der Waals surface area contributed by atoms with Crippen molar-refractivity contribution in [3.8, 4) is 12.3 Å². The molecule has 2 heteroatoms. The summed E-state index contributed by atoms with van der Waals surface area (Å²) >= 11 is 0. The minimum Gasteiger partial charge on any atom is -0.479 e. The van der Waals surface area contributed by atoms with Gasteiger partial charge in [-0.15, -0.1) is 6.42 Å². The van der Waals surface area contributed by atoms with Crippen LogP contribution < -0.4 is 0 Å². The third-order valence-corrected chi connectivity index (χ3v) is 2.05. The highest BCUT2D eigenvalue weighted by molar-refractivity contribution is 5.94. The van der Waals surface area contributed by atoms with E-state index in [2.05, 4.69) is 5.92 Å². The summed E-state index contributed by atoms with van der Waals surface area (Å²) in [5.74, 6) is 3.26. The van der Waals surface area contributed by atoms with Crippen LogP contribution in [0.4, 0.5) is 0 Å². The smallest absolute Gasteiger partial charge is 0.169 e. The van der Waals surface area contributed by atoms with Crippen molar-refractivity contribution in [1.82, 2.24) is 0 Å². The van der Waals surface area contributed by atoms with Crippen molar-refractivity contribution >= 4 is 5.78 Å². The van der Waals surface area contributed by atoms with E-state index in [1.54, 1.807) is 6.92 Å². The van der Waals surface area contributed by atoms with Crippen LogP contribution in [0.3, 0.4) is 0 Å². The molecule has 0 amide bonds. The lowest BCUT2D eigenvalue weighted by atomic mass is 9.98. The summed E-state index contributed by atoms with van der Waals surface area (Å²) in [4.78, 5) is 11.1. The van der Waals surface area contributed by atoms with Crippen LogP contribution >= 0.6 is 0 Å². The number of carbonyl (C=O) groups excluding carboxylic acids is 1. The largest absolute Gasteiger partial charge is 0.479 e. The molecular formula is C10H12O2. The van der Waals surface area contributed by atoms with Crippen molar-refractivity contribution < 1.29 is 9.53 Å². The molecule has 0 N–H and O–H groups in total. The second-order valence-corrected chi connectivity index (χ2v) is 3.24. The molecule has 0 aromatic heterocycles. The first kappa shape index (κ1) is 8.86. The van der Waals surface area contributed by atoms with Gasteiger partial charge in [-0.25, -0.2) is 0 Å². The van der Waals surface area contributed by atoms with E-state index in [1.165, 1.54) is 6.92 Å². The number of hydrogen-bond acceptors (Lipinski definition) is 2. The van der Waals surface area contributed by atoms with Gasteiger partial charge in [0.05, 0.1) is 0 Å². The molecule has 1 unspecified atom stereocenters. The van der Waals surface area contributed by atoms with E-state index in [4.69, 9.17) is 11.2 Å². The number of hydrogen-bond donors (Lipinski definition) is 0. The summed E-state index contributed by atoms with van der Waals surface area (Å²) in [5.41, 5.74) is 0.112. The van der Waals surface area contributed by atoms with Gasteiger partial charge in [0.15, 0.2) is 11.4 Å². The number of ether oxygens (including phenoxy) is 1. The van der Waals surface area contributed by atoms with E-state index in [0.717, 1.165) is 5.57 Å². The van der Waals surface area contributed by atoms with Gasteiger partial charge < -0.3 is 4.74 Å². The first-order valence-corrected chi connectivity index (χ1v) is 3.86. The van der Waals surface area contributed by atoms with Crippen LogP contribution in [-0.2, 0) is 9.53 Å². The van der Waals surface area contributed by atoms with Crippen molar-refractivity contribution in [2.24, 2.45) is 0 Å². The molecule has 12 heavy (non-hydrogen) atoms. The molecular weight excluding hydrogens is 152 g/mol. The average molecular weight is 164 g/mol. The Balaban J connectivity index is 2.90. The molecule has 1 aliphatic heterocycles.